The first-order valence-corrected chi connectivity index (χ1v) is 15.5. The van der Waals surface area contributed by atoms with Gasteiger partial charge in [0.15, 0.2) is 5.82 Å². The molecule has 0 saturated carbocycles. The topological polar surface area (TPSA) is 61.4 Å². The van der Waals surface area contributed by atoms with Gasteiger partial charge in [0.05, 0.1) is 0 Å². The molecule has 0 spiro atoms. The van der Waals surface area contributed by atoms with E-state index in [-0.39, 0.29) is 5.41 Å². The van der Waals surface area contributed by atoms with Crippen LogP contribution < -0.4 is 0 Å². The SMILES string of the molecule is CC(C)(C)c1ccc(-c2nncn2-c2ccccc2)cc1.CCc1ccc(-n2cnnc2)cc1.c1ccc(-c2ccccc2)cc1. The third-order valence-corrected chi connectivity index (χ3v) is 7.53. The average Bonchev–Trinajstić information content (AvgIpc) is 3.84. The Morgan fingerprint density at radius 1 is 0.500 bits per heavy atom. The van der Waals surface area contributed by atoms with Crippen LogP contribution in [0.4, 0.5) is 0 Å². The summed E-state index contributed by atoms with van der Waals surface area (Å²) >= 11 is 0. The molecule has 0 bridgehead atoms. The maximum Gasteiger partial charge on any atom is 0.168 e. The molecule has 0 aliphatic heterocycles. The number of benzene rings is 5. The minimum absolute atomic E-state index is 0.158. The molecule has 0 N–H and O–H groups in total. The molecule has 0 atom stereocenters. The Hall–Kier alpha value is -5.62. The van der Waals surface area contributed by atoms with Crippen molar-refractivity contribution in [3.8, 4) is 33.9 Å². The summed E-state index contributed by atoms with van der Waals surface area (Å²) < 4.78 is 3.89. The number of hydrogen-bond acceptors (Lipinski definition) is 4. The number of aryl methyl sites for hydroxylation is 1. The Morgan fingerprint density at radius 2 is 1.02 bits per heavy atom. The molecule has 0 amide bonds. The number of hydrogen-bond donors (Lipinski definition) is 0. The van der Waals surface area contributed by atoms with Gasteiger partial charge >= 0.3 is 0 Å². The molecule has 5 aromatic carbocycles. The van der Waals surface area contributed by atoms with Gasteiger partial charge in [-0.2, -0.15) is 0 Å². The highest BCUT2D eigenvalue weighted by atomic mass is 15.3. The van der Waals surface area contributed by atoms with E-state index in [1.165, 1.54) is 22.3 Å². The molecular formula is C40H40N6. The Morgan fingerprint density at radius 3 is 1.52 bits per heavy atom. The van der Waals surface area contributed by atoms with Crippen molar-refractivity contribution >= 4 is 0 Å². The highest BCUT2D eigenvalue weighted by Crippen LogP contribution is 2.26. The number of rotatable bonds is 5. The van der Waals surface area contributed by atoms with Gasteiger partial charge in [-0.05, 0) is 58.4 Å². The second-order valence-electron chi connectivity index (χ2n) is 11.8. The summed E-state index contributed by atoms with van der Waals surface area (Å²) in [5.74, 6) is 0.863. The van der Waals surface area contributed by atoms with E-state index >= 15 is 0 Å². The lowest BCUT2D eigenvalue weighted by atomic mass is 9.87. The second kappa shape index (κ2) is 15.4. The van der Waals surface area contributed by atoms with Gasteiger partial charge in [0.2, 0.25) is 0 Å². The zero-order valence-corrected chi connectivity index (χ0v) is 26.9. The highest BCUT2D eigenvalue weighted by Gasteiger charge is 2.14. The van der Waals surface area contributed by atoms with Crippen LogP contribution in [0.15, 0.2) is 159 Å². The maximum absolute atomic E-state index is 4.27. The fourth-order valence-corrected chi connectivity index (χ4v) is 4.83. The lowest BCUT2D eigenvalue weighted by Gasteiger charge is -2.19. The van der Waals surface area contributed by atoms with E-state index in [0.29, 0.717) is 0 Å². The van der Waals surface area contributed by atoms with Gasteiger partial charge in [0.1, 0.15) is 19.0 Å². The normalized spacial score (nSPS) is 10.7. The average molecular weight is 605 g/mol. The van der Waals surface area contributed by atoms with Crippen LogP contribution in [0.2, 0.25) is 0 Å². The van der Waals surface area contributed by atoms with Gasteiger partial charge in [-0.25, -0.2) is 0 Å². The molecule has 230 valence electrons. The molecule has 6 heteroatoms. The Balaban J connectivity index is 0.000000144. The van der Waals surface area contributed by atoms with Crippen molar-refractivity contribution in [1.82, 2.24) is 29.5 Å². The Kier molecular flexibility index (Phi) is 10.6. The lowest BCUT2D eigenvalue weighted by molar-refractivity contribution is 0.590. The number of aromatic nitrogens is 6. The van der Waals surface area contributed by atoms with Crippen LogP contribution >= 0.6 is 0 Å². The molecule has 0 radical (unpaired) electrons. The predicted octanol–water partition coefficient (Wildman–Crippen LogP) is 9.42. The predicted molar refractivity (Wildman–Crippen MR) is 188 cm³/mol. The zero-order chi connectivity index (χ0) is 32.2. The van der Waals surface area contributed by atoms with Crippen molar-refractivity contribution in [2.24, 2.45) is 0 Å². The van der Waals surface area contributed by atoms with Crippen LogP contribution in [-0.2, 0) is 11.8 Å². The first-order chi connectivity index (χ1) is 22.4. The van der Waals surface area contributed by atoms with Gasteiger partial charge in [-0.3, -0.25) is 9.13 Å². The molecule has 2 aromatic heterocycles. The van der Waals surface area contributed by atoms with Gasteiger partial charge in [0.25, 0.3) is 0 Å². The maximum atomic E-state index is 4.27. The molecule has 0 unspecified atom stereocenters. The largest absolute Gasteiger partial charge is 0.288 e. The molecule has 46 heavy (non-hydrogen) atoms. The fourth-order valence-electron chi connectivity index (χ4n) is 4.83. The van der Waals surface area contributed by atoms with Crippen molar-refractivity contribution in [3.63, 3.8) is 0 Å². The van der Waals surface area contributed by atoms with E-state index < -0.39 is 0 Å². The van der Waals surface area contributed by atoms with Crippen molar-refractivity contribution in [2.75, 3.05) is 0 Å². The summed E-state index contributed by atoms with van der Waals surface area (Å²) in [6, 6.07) is 47.9. The molecule has 2 heterocycles. The van der Waals surface area contributed by atoms with E-state index in [9.17, 15) is 0 Å². The monoisotopic (exact) mass is 604 g/mol. The Bertz CT molecular complexity index is 1820. The summed E-state index contributed by atoms with van der Waals surface area (Å²) in [5, 5.41) is 15.8. The molecule has 0 aliphatic rings. The molecule has 7 aromatic rings. The van der Waals surface area contributed by atoms with Crippen LogP contribution in [-0.4, -0.2) is 29.5 Å². The molecule has 0 fully saturated rings. The molecule has 6 nitrogen and oxygen atoms in total. The van der Waals surface area contributed by atoms with Gasteiger partial charge in [-0.1, -0.05) is 143 Å². The first-order valence-electron chi connectivity index (χ1n) is 15.5. The smallest absolute Gasteiger partial charge is 0.168 e. The summed E-state index contributed by atoms with van der Waals surface area (Å²) in [6.07, 6.45) is 6.21. The van der Waals surface area contributed by atoms with Crippen LogP contribution in [0.3, 0.4) is 0 Å². The van der Waals surface area contributed by atoms with Crippen LogP contribution in [0, 0.1) is 0 Å². The van der Waals surface area contributed by atoms with E-state index in [1.807, 2.05) is 39.5 Å². The van der Waals surface area contributed by atoms with Gasteiger partial charge in [-0.15, -0.1) is 20.4 Å². The third-order valence-electron chi connectivity index (χ3n) is 7.53. The van der Waals surface area contributed by atoms with E-state index in [2.05, 4.69) is 157 Å². The summed E-state index contributed by atoms with van der Waals surface area (Å²) in [6.45, 7) is 8.80. The standard InChI is InChI=1S/C18H19N3.C12H10.C10H11N3/c1-18(2,3)15-11-9-14(10-12-15)17-20-19-13-21(17)16-7-5-4-6-8-16;1-3-7-11(8-4-1)12-9-5-2-6-10-12;1-2-9-3-5-10(6-4-9)13-7-11-12-8-13/h4-13H,1-3H3;1-10H;3-8H,2H2,1H3. The molecule has 7 rings (SSSR count). The van der Waals surface area contributed by atoms with Crippen LogP contribution in [0.5, 0.6) is 0 Å². The zero-order valence-electron chi connectivity index (χ0n) is 26.9. The summed E-state index contributed by atoms with van der Waals surface area (Å²) in [7, 11) is 0. The fraction of sp³-hybridized carbons (Fsp3) is 0.150. The Labute approximate surface area is 272 Å². The third kappa shape index (κ3) is 8.51. The minimum Gasteiger partial charge on any atom is -0.288 e. The van der Waals surface area contributed by atoms with Crippen molar-refractivity contribution < 1.29 is 0 Å². The summed E-state index contributed by atoms with van der Waals surface area (Å²) in [5.41, 5.74) is 8.61. The van der Waals surface area contributed by atoms with Gasteiger partial charge < -0.3 is 0 Å². The van der Waals surface area contributed by atoms with Crippen LogP contribution in [0.1, 0.15) is 38.8 Å². The van der Waals surface area contributed by atoms with E-state index in [1.54, 1.807) is 19.0 Å². The quantitative estimate of drug-likeness (QED) is 0.196. The first kappa shape index (κ1) is 31.8. The number of para-hydroxylation sites is 1. The highest BCUT2D eigenvalue weighted by molar-refractivity contribution is 5.62. The lowest BCUT2D eigenvalue weighted by Crippen LogP contribution is -2.10. The van der Waals surface area contributed by atoms with Gasteiger partial charge in [0, 0.05) is 16.9 Å². The molecular weight excluding hydrogens is 564 g/mol. The molecule has 0 aliphatic carbocycles. The number of nitrogens with zero attached hydrogens (tertiary/aromatic N) is 6. The van der Waals surface area contributed by atoms with Crippen molar-refractivity contribution in [1.29, 1.82) is 0 Å². The second-order valence-corrected chi connectivity index (χ2v) is 11.8. The van der Waals surface area contributed by atoms with E-state index in [4.69, 9.17) is 0 Å². The van der Waals surface area contributed by atoms with Crippen LogP contribution in [0.25, 0.3) is 33.9 Å². The van der Waals surface area contributed by atoms with Crippen molar-refractivity contribution in [2.45, 2.75) is 39.5 Å². The minimum atomic E-state index is 0.158. The van der Waals surface area contributed by atoms with E-state index in [0.717, 1.165) is 29.2 Å². The van der Waals surface area contributed by atoms with Crippen molar-refractivity contribution in [3.05, 3.63) is 170 Å². The molecule has 0 saturated heterocycles. The summed E-state index contributed by atoms with van der Waals surface area (Å²) in [4.78, 5) is 0.